The van der Waals surface area contributed by atoms with Crippen molar-refractivity contribution < 1.29 is 9.90 Å². The second kappa shape index (κ2) is 6.49. The lowest BCUT2D eigenvalue weighted by Gasteiger charge is -2.23. The first-order chi connectivity index (χ1) is 8.48. The number of carbonyl (C=O) groups is 1. The van der Waals surface area contributed by atoms with Crippen LogP contribution in [0.1, 0.15) is 50.1 Å². The fourth-order valence-electron chi connectivity index (χ4n) is 1.54. The van der Waals surface area contributed by atoms with E-state index in [0.717, 1.165) is 18.7 Å². The number of H-pyrrole nitrogens is 1. The molecule has 18 heavy (non-hydrogen) atoms. The molecule has 0 bridgehead atoms. The van der Waals surface area contributed by atoms with E-state index in [1.165, 1.54) is 0 Å². The number of aliphatic hydroxyl groups excluding tert-OH is 1. The quantitative estimate of drug-likeness (QED) is 0.674. The summed E-state index contributed by atoms with van der Waals surface area (Å²) in [6.07, 6.45) is 2.39. The Bertz CT molecular complexity index is 387. The minimum absolute atomic E-state index is 0.115. The third kappa shape index (κ3) is 4.44. The van der Waals surface area contributed by atoms with Crippen molar-refractivity contribution in [2.75, 3.05) is 13.2 Å². The van der Waals surface area contributed by atoms with Crippen molar-refractivity contribution in [2.45, 2.75) is 40.0 Å². The van der Waals surface area contributed by atoms with Gasteiger partial charge in [0.15, 0.2) is 0 Å². The second-order valence-corrected chi connectivity index (χ2v) is 5.18. The summed E-state index contributed by atoms with van der Waals surface area (Å²) < 4.78 is 0. The Hall–Kier alpha value is -1.43. The average molecular weight is 254 g/mol. The summed E-state index contributed by atoms with van der Waals surface area (Å²) >= 11 is 0. The van der Waals surface area contributed by atoms with Crippen molar-refractivity contribution in [3.05, 3.63) is 11.6 Å². The normalized spacial score (nSPS) is 11.6. The molecule has 1 amide bonds. The Labute approximate surface area is 107 Å². The third-order valence-corrected chi connectivity index (χ3v) is 2.74. The number of carbonyl (C=O) groups excluding carboxylic acids is 1. The lowest BCUT2D eigenvalue weighted by atomic mass is 9.90. The molecule has 1 aromatic rings. The first kappa shape index (κ1) is 14.6. The van der Waals surface area contributed by atoms with E-state index >= 15 is 0 Å². The van der Waals surface area contributed by atoms with Gasteiger partial charge in [-0.1, -0.05) is 20.8 Å². The Balaban J connectivity index is 2.49. The summed E-state index contributed by atoms with van der Waals surface area (Å²) in [5.74, 6) is 0.634. The molecule has 0 saturated carbocycles. The van der Waals surface area contributed by atoms with Gasteiger partial charge in [0.2, 0.25) is 5.82 Å². The van der Waals surface area contributed by atoms with Gasteiger partial charge in [0.1, 0.15) is 5.82 Å². The highest BCUT2D eigenvalue weighted by molar-refractivity contribution is 5.90. The maximum Gasteiger partial charge on any atom is 0.290 e. The van der Waals surface area contributed by atoms with Crippen molar-refractivity contribution >= 4 is 5.91 Å². The van der Waals surface area contributed by atoms with E-state index in [2.05, 4.69) is 20.5 Å². The minimum atomic E-state index is -0.278. The molecule has 6 heteroatoms. The highest BCUT2D eigenvalue weighted by Gasteiger charge is 2.20. The minimum Gasteiger partial charge on any atom is -0.396 e. The number of amides is 1. The van der Waals surface area contributed by atoms with E-state index in [-0.39, 0.29) is 23.8 Å². The van der Waals surface area contributed by atoms with Crippen molar-refractivity contribution in [1.82, 2.24) is 20.5 Å². The summed E-state index contributed by atoms with van der Waals surface area (Å²) in [6.45, 7) is 6.63. The maximum absolute atomic E-state index is 11.8. The molecule has 0 aliphatic carbocycles. The Morgan fingerprint density at radius 2 is 2.22 bits per heavy atom. The van der Waals surface area contributed by atoms with Crippen LogP contribution in [0.25, 0.3) is 0 Å². The van der Waals surface area contributed by atoms with Crippen molar-refractivity contribution in [2.24, 2.45) is 5.41 Å². The van der Waals surface area contributed by atoms with Crippen LogP contribution in [0.2, 0.25) is 0 Å². The number of nitrogens with zero attached hydrogens (tertiary/aromatic N) is 2. The summed E-state index contributed by atoms with van der Waals surface area (Å²) in [5.41, 5.74) is -0.132. The number of aliphatic hydroxyl groups is 1. The second-order valence-electron chi connectivity index (χ2n) is 5.18. The van der Waals surface area contributed by atoms with Gasteiger partial charge >= 0.3 is 0 Å². The Kier molecular flexibility index (Phi) is 5.27. The standard InChI is InChI=1S/C12H22N4O2/c1-4-5-9-14-10(16-15-9)11(18)13-8-12(2,3)6-7-17/h17H,4-8H2,1-3H3,(H,13,18)(H,14,15,16). The molecular weight excluding hydrogens is 232 g/mol. The predicted octanol–water partition coefficient (Wildman–Crippen LogP) is 0.896. The number of aryl methyl sites for hydroxylation is 1. The van der Waals surface area contributed by atoms with Crippen LogP contribution >= 0.6 is 0 Å². The van der Waals surface area contributed by atoms with Crippen molar-refractivity contribution in [3.8, 4) is 0 Å². The number of aromatic nitrogens is 3. The Morgan fingerprint density at radius 3 is 2.83 bits per heavy atom. The molecule has 102 valence electrons. The molecule has 6 nitrogen and oxygen atoms in total. The van der Waals surface area contributed by atoms with Gasteiger partial charge < -0.3 is 10.4 Å². The van der Waals surface area contributed by atoms with Gasteiger partial charge in [-0.15, -0.1) is 5.10 Å². The first-order valence-electron chi connectivity index (χ1n) is 6.29. The molecule has 0 unspecified atom stereocenters. The van der Waals surface area contributed by atoms with E-state index in [1.807, 2.05) is 20.8 Å². The molecule has 1 heterocycles. The molecule has 0 saturated heterocycles. The topological polar surface area (TPSA) is 90.9 Å². The smallest absolute Gasteiger partial charge is 0.290 e. The molecule has 0 atom stereocenters. The molecule has 0 radical (unpaired) electrons. The third-order valence-electron chi connectivity index (χ3n) is 2.74. The van der Waals surface area contributed by atoms with E-state index in [0.29, 0.717) is 13.0 Å². The van der Waals surface area contributed by atoms with E-state index in [9.17, 15) is 4.79 Å². The zero-order valence-electron chi connectivity index (χ0n) is 11.3. The molecule has 1 rings (SSSR count). The lowest BCUT2D eigenvalue weighted by molar-refractivity contribution is 0.0918. The van der Waals surface area contributed by atoms with E-state index in [4.69, 9.17) is 5.11 Å². The zero-order chi connectivity index (χ0) is 13.6. The van der Waals surface area contributed by atoms with Crippen LogP contribution in [0, 0.1) is 5.41 Å². The van der Waals surface area contributed by atoms with E-state index < -0.39 is 0 Å². The number of hydrogen-bond acceptors (Lipinski definition) is 4. The molecule has 0 aliphatic heterocycles. The van der Waals surface area contributed by atoms with Crippen LogP contribution in [0.3, 0.4) is 0 Å². The van der Waals surface area contributed by atoms with Gasteiger partial charge in [-0.2, -0.15) is 0 Å². The van der Waals surface area contributed by atoms with Crippen molar-refractivity contribution in [3.63, 3.8) is 0 Å². The summed E-state index contributed by atoms with van der Waals surface area (Å²) in [7, 11) is 0. The van der Waals surface area contributed by atoms with Crippen LogP contribution in [0.15, 0.2) is 0 Å². The zero-order valence-corrected chi connectivity index (χ0v) is 11.3. The van der Waals surface area contributed by atoms with Gasteiger partial charge in [-0.3, -0.25) is 9.89 Å². The lowest BCUT2D eigenvalue weighted by Crippen LogP contribution is -2.35. The van der Waals surface area contributed by atoms with Crippen LogP contribution in [0.5, 0.6) is 0 Å². The SMILES string of the molecule is CCCc1nc(C(=O)NCC(C)(C)CCO)n[nH]1. The fraction of sp³-hybridized carbons (Fsp3) is 0.750. The van der Waals surface area contributed by atoms with Crippen molar-refractivity contribution in [1.29, 1.82) is 0 Å². The average Bonchev–Trinajstić information content (AvgIpc) is 2.75. The van der Waals surface area contributed by atoms with Crippen LogP contribution in [0.4, 0.5) is 0 Å². The van der Waals surface area contributed by atoms with Gasteiger partial charge in [0.05, 0.1) is 0 Å². The molecule has 0 aromatic carbocycles. The molecule has 3 N–H and O–H groups in total. The molecular formula is C12H22N4O2. The van der Waals surface area contributed by atoms with Gasteiger partial charge in [-0.25, -0.2) is 4.98 Å². The van der Waals surface area contributed by atoms with Crippen LogP contribution < -0.4 is 5.32 Å². The molecule has 0 aliphatic rings. The first-order valence-corrected chi connectivity index (χ1v) is 6.29. The largest absolute Gasteiger partial charge is 0.396 e. The predicted molar refractivity (Wildman–Crippen MR) is 68.2 cm³/mol. The number of hydrogen-bond donors (Lipinski definition) is 3. The monoisotopic (exact) mass is 254 g/mol. The molecule has 0 spiro atoms. The summed E-state index contributed by atoms with van der Waals surface area (Å²) in [5, 5.41) is 18.3. The molecule has 1 aromatic heterocycles. The van der Waals surface area contributed by atoms with Gasteiger partial charge in [-0.05, 0) is 18.3 Å². The van der Waals surface area contributed by atoms with Crippen LogP contribution in [-0.4, -0.2) is 39.3 Å². The van der Waals surface area contributed by atoms with Gasteiger partial charge in [0, 0.05) is 19.6 Å². The maximum atomic E-state index is 11.8. The fourth-order valence-corrected chi connectivity index (χ4v) is 1.54. The van der Waals surface area contributed by atoms with E-state index in [1.54, 1.807) is 0 Å². The highest BCUT2D eigenvalue weighted by atomic mass is 16.3. The number of nitrogens with one attached hydrogen (secondary N) is 2. The molecule has 0 fully saturated rings. The summed E-state index contributed by atoms with van der Waals surface area (Å²) in [6, 6.07) is 0. The summed E-state index contributed by atoms with van der Waals surface area (Å²) in [4.78, 5) is 15.9. The number of aromatic amines is 1. The highest BCUT2D eigenvalue weighted by Crippen LogP contribution is 2.17. The van der Waals surface area contributed by atoms with Crippen LogP contribution in [-0.2, 0) is 6.42 Å². The van der Waals surface area contributed by atoms with Gasteiger partial charge in [0.25, 0.3) is 5.91 Å². The number of rotatable bonds is 7. The Morgan fingerprint density at radius 1 is 1.50 bits per heavy atom.